The fraction of sp³-hybridized carbons (Fsp3) is 0.400. The normalized spacial score (nSPS) is 18.5. The minimum absolute atomic E-state index is 0.0155. The summed E-state index contributed by atoms with van der Waals surface area (Å²) < 4.78 is 5.57. The number of nitrogens with two attached hydrogens (primary N) is 1. The number of carbonyl (C=O) groups excluding carboxylic acids is 2. The number of nitrogens with zero attached hydrogens (tertiary/aromatic N) is 2. The molecule has 1 aliphatic heterocycles. The van der Waals surface area contributed by atoms with Crippen LogP contribution in [0.15, 0.2) is 33.9 Å². The molecule has 0 saturated carbocycles. The molecule has 1 aromatic heterocycles. The zero-order valence-electron chi connectivity index (χ0n) is 12.0. The Morgan fingerprint density at radius 1 is 1.41 bits per heavy atom. The van der Waals surface area contributed by atoms with Gasteiger partial charge in [0, 0.05) is 13.1 Å². The molecule has 7 heteroatoms. The second-order valence-corrected chi connectivity index (χ2v) is 6.24. The molecule has 1 aromatic carbocycles. The maximum Gasteiger partial charge on any atom is 0.257 e. The zero-order valence-corrected chi connectivity index (χ0v) is 12.8. The number of para-hydroxylation sites is 2. The van der Waals surface area contributed by atoms with Gasteiger partial charge < -0.3 is 15.1 Å². The molecule has 116 valence electrons. The molecule has 22 heavy (non-hydrogen) atoms. The molecule has 6 nitrogen and oxygen atoms in total. The SMILES string of the molecule is NC(=O)C1CCCN(C(=O)CSc2nc3ccccc3o2)C1. The summed E-state index contributed by atoms with van der Waals surface area (Å²) in [6, 6.07) is 7.48. The van der Waals surface area contributed by atoms with Crippen LogP contribution in [0, 0.1) is 5.92 Å². The van der Waals surface area contributed by atoms with Crippen molar-refractivity contribution in [1.82, 2.24) is 9.88 Å². The topological polar surface area (TPSA) is 89.4 Å². The number of rotatable bonds is 4. The van der Waals surface area contributed by atoms with Crippen molar-refractivity contribution in [2.75, 3.05) is 18.8 Å². The standard InChI is InChI=1S/C15H17N3O3S/c16-14(20)10-4-3-7-18(8-10)13(19)9-22-15-17-11-5-1-2-6-12(11)21-15/h1-2,5-6,10H,3-4,7-9H2,(H2,16,20). The number of oxazole rings is 1. The predicted molar refractivity (Wildman–Crippen MR) is 83.2 cm³/mol. The highest BCUT2D eigenvalue weighted by atomic mass is 32.2. The lowest BCUT2D eigenvalue weighted by Gasteiger charge is -2.31. The summed E-state index contributed by atoms with van der Waals surface area (Å²) in [5.41, 5.74) is 6.82. The van der Waals surface area contributed by atoms with Crippen molar-refractivity contribution in [2.45, 2.75) is 18.1 Å². The smallest absolute Gasteiger partial charge is 0.257 e. The average Bonchev–Trinajstić information content (AvgIpc) is 2.95. The molecule has 1 fully saturated rings. The minimum Gasteiger partial charge on any atom is -0.431 e. The van der Waals surface area contributed by atoms with E-state index in [-0.39, 0.29) is 23.5 Å². The van der Waals surface area contributed by atoms with Crippen molar-refractivity contribution < 1.29 is 14.0 Å². The third-order valence-electron chi connectivity index (χ3n) is 3.77. The van der Waals surface area contributed by atoms with Crippen LogP contribution in [0.4, 0.5) is 0 Å². The van der Waals surface area contributed by atoms with E-state index in [4.69, 9.17) is 10.2 Å². The van der Waals surface area contributed by atoms with Crippen LogP contribution in [0.1, 0.15) is 12.8 Å². The number of hydrogen-bond donors (Lipinski definition) is 1. The van der Waals surface area contributed by atoms with Crippen LogP contribution in [0.5, 0.6) is 0 Å². The number of likely N-dealkylation sites (tertiary alicyclic amines) is 1. The van der Waals surface area contributed by atoms with E-state index in [1.807, 2.05) is 24.3 Å². The molecule has 0 radical (unpaired) electrons. The number of benzene rings is 1. The third-order valence-corrected chi connectivity index (χ3v) is 4.58. The molecule has 0 spiro atoms. The van der Waals surface area contributed by atoms with Crippen LogP contribution >= 0.6 is 11.8 Å². The van der Waals surface area contributed by atoms with Gasteiger partial charge in [-0.25, -0.2) is 4.98 Å². The predicted octanol–water partition coefficient (Wildman–Crippen LogP) is 1.64. The summed E-state index contributed by atoms with van der Waals surface area (Å²) in [4.78, 5) is 29.5. The maximum atomic E-state index is 12.2. The van der Waals surface area contributed by atoms with Crippen LogP contribution in [-0.4, -0.2) is 40.5 Å². The van der Waals surface area contributed by atoms with Gasteiger partial charge in [0.15, 0.2) is 5.58 Å². The van der Waals surface area contributed by atoms with E-state index >= 15 is 0 Å². The first kappa shape index (κ1) is 14.9. The maximum absolute atomic E-state index is 12.2. The van der Waals surface area contributed by atoms with E-state index in [9.17, 15) is 9.59 Å². The number of fused-ring (bicyclic) bond motifs is 1. The lowest BCUT2D eigenvalue weighted by molar-refractivity contribution is -0.132. The Bertz CT molecular complexity index is 667. The largest absolute Gasteiger partial charge is 0.431 e. The van der Waals surface area contributed by atoms with Crippen LogP contribution in [0.3, 0.4) is 0 Å². The molecule has 1 unspecified atom stereocenters. The molecular formula is C15H17N3O3S. The number of hydrogen-bond acceptors (Lipinski definition) is 5. The van der Waals surface area contributed by atoms with E-state index in [0.717, 1.165) is 18.4 Å². The number of carbonyl (C=O) groups is 2. The third kappa shape index (κ3) is 3.24. The van der Waals surface area contributed by atoms with Gasteiger partial charge in [0.1, 0.15) is 5.52 Å². The Kier molecular flexibility index (Phi) is 4.33. The van der Waals surface area contributed by atoms with Crippen molar-refractivity contribution in [3.05, 3.63) is 24.3 Å². The van der Waals surface area contributed by atoms with Gasteiger partial charge in [0.2, 0.25) is 11.8 Å². The molecule has 3 rings (SSSR count). The van der Waals surface area contributed by atoms with Gasteiger partial charge in [-0.2, -0.15) is 0 Å². The van der Waals surface area contributed by atoms with Gasteiger partial charge >= 0.3 is 0 Å². The van der Waals surface area contributed by atoms with Crippen LogP contribution in [0.25, 0.3) is 11.1 Å². The van der Waals surface area contributed by atoms with Crippen molar-refractivity contribution >= 4 is 34.7 Å². The summed E-state index contributed by atoms with van der Waals surface area (Å²) in [6.45, 7) is 1.10. The molecule has 2 aromatic rings. The quantitative estimate of drug-likeness (QED) is 0.865. The number of piperidine rings is 1. The molecule has 2 amide bonds. The second-order valence-electron chi connectivity index (χ2n) is 5.32. The van der Waals surface area contributed by atoms with Crippen LogP contribution in [0.2, 0.25) is 0 Å². The Hall–Kier alpha value is -2.02. The van der Waals surface area contributed by atoms with Crippen LogP contribution in [-0.2, 0) is 9.59 Å². The molecule has 1 aliphatic rings. The molecular weight excluding hydrogens is 302 g/mol. The fourth-order valence-electron chi connectivity index (χ4n) is 2.56. The van der Waals surface area contributed by atoms with Crippen molar-refractivity contribution in [3.63, 3.8) is 0 Å². The highest BCUT2D eigenvalue weighted by molar-refractivity contribution is 7.99. The number of amides is 2. The molecule has 2 N–H and O–H groups in total. The van der Waals surface area contributed by atoms with Crippen molar-refractivity contribution in [1.29, 1.82) is 0 Å². The number of thioether (sulfide) groups is 1. The monoisotopic (exact) mass is 319 g/mol. The highest BCUT2D eigenvalue weighted by Gasteiger charge is 2.27. The Labute approximate surface area is 132 Å². The van der Waals surface area contributed by atoms with E-state index in [0.29, 0.717) is 23.9 Å². The number of primary amides is 1. The summed E-state index contributed by atoms with van der Waals surface area (Å²) >= 11 is 1.27. The highest BCUT2D eigenvalue weighted by Crippen LogP contribution is 2.24. The molecule has 1 atom stereocenters. The Morgan fingerprint density at radius 3 is 3.00 bits per heavy atom. The van der Waals surface area contributed by atoms with Gasteiger partial charge in [0.05, 0.1) is 11.7 Å². The molecule has 0 aliphatic carbocycles. The summed E-state index contributed by atoms with van der Waals surface area (Å²) in [5.74, 6) is -0.326. The Morgan fingerprint density at radius 2 is 2.23 bits per heavy atom. The van der Waals surface area contributed by atoms with Gasteiger partial charge in [-0.15, -0.1) is 0 Å². The minimum atomic E-state index is -0.330. The zero-order chi connectivity index (χ0) is 15.5. The van der Waals surface area contributed by atoms with Crippen molar-refractivity contribution in [3.8, 4) is 0 Å². The fourth-order valence-corrected chi connectivity index (χ4v) is 3.30. The lowest BCUT2D eigenvalue weighted by Crippen LogP contribution is -2.44. The van der Waals surface area contributed by atoms with E-state index in [1.54, 1.807) is 4.90 Å². The summed E-state index contributed by atoms with van der Waals surface area (Å²) in [6.07, 6.45) is 1.57. The van der Waals surface area contributed by atoms with Crippen LogP contribution < -0.4 is 5.73 Å². The Balaban J connectivity index is 1.58. The first-order chi connectivity index (χ1) is 10.6. The van der Waals surface area contributed by atoms with Crippen molar-refractivity contribution in [2.24, 2.45) is 11.7 Å². The number of aromatic nitrogens is 1. The lowest BCUT2D eigenvalue weighted by atomic mass is 9.97. The second kappa shape index (κ2) is 6.39. The van der Waals surface area contributed by atoms with Gasteiger partial charge in [0.25, 0.3) is 5.22 Å². The van der Waals surface area contributed by atoms with Gasteiger partial charge in [-0.3, -0.25) is 9.59 Å². The van der Waals surface area contributed by atoms with E-state index < -0.39 is 0 Å². The molecule has 1 saturated heterocycles. The molecule has 2 heterocycles. The van der Waals surface area contributed by atoms with Gasteiger partial charge in [-0.1, -0.05) is 23.9 Å². The average molecular weight is 319 g/mol. The summed E-state index contributed by atoms with van der Waals surface area (Å²) in [5, 5.41) is 0.484. The van der Waals surface area contributed by atoms with Gasteiger partial charge in [-0.05, 0) is 25.0 Å². The first-order valence-corrected chi connectivity index (χ1v) is 8.17. The summed E-state index contributed by atoms with van der Waals surface area (Å²) in [7, 11) is 0. The first-order valence-electron chi connectivity index (χ1n) is 7.19. The van der Waals surface area contributed by atoms with E-state index in [1.165, 1.54) is 11.8 Å². The van der Waals surface area contributed by atoms with E-state index in [2.05, 4.69) is 4.98 Å². The molecule has 0 bridgehead atoms.